The van der Waals surface area contributed by atoms with Crippen molar-refractivity contribution >= 4 is 15.9 Å². The van der Waals surface area contributed by atoms with Gasteiger partial charge in [0.1, 0.15) is 5.60 Å². The first-order valence-corrected chi connectivity index (χ1v) is 10.1. The van der Waals surface area contributed by atoms with Crippen LogP contribution in [0.15, 0.2) is 0 Å². The highest BCUT2D eigenvalue weighted by Gasteiger charge is 2.72. The third-order valence-corrected chi connectivity index (χ3v) is 6.82. The highest BCUT2D eigenvalue weighted by atomic mass is 79.9. The van der Waals surface area contributed by atoms with Crippen molar-refractivity contribution in [2.24, 2.45) is 17.8 Å². The van der Waals surface area contributed by atoms with Crippen molar-refractivity contribution in [3.8, 4) is 0 Å². The van der Waals surface area contributed by atoms with Crippen LogP contribution in [0.3, 0.4) is 0 Å². The molecule has 1 N–H and O–H groups in total. The summed E-state index contributed by atoms with van der Waals surface area (Å²) in [5, 5.41) is 12.0. The van der Waals surface area contributed by atoms with Crippen molar-refractivity contribution in [1.82, 2.24) is 0 Å². The minimum atomic E-state index is -1.16. The zero-order chi connectivity index (χ0) is 17.2. The topological polar surface area (TPSA) is 66.4 Å². The maximum absolute atomic E-state index is 11.3. The molecule has 0 radical (unpaired) electrons. The molecule has 1 aliphatic carbocycles. The van der Waals surface area contributed by atoms with E-state index in [0.717, 1.165) is 25.7 Å². The van der Waals surface area contributed by atoms with E-state index in [4.69, 9.17) is 24.0 Å². The molecule has 7 heteroatoms. The molecule has 1 spiro atoms. The summed E-state index contributed by atoms with van der Waals surface area (Å²) in [6, 6.07) is 0. The highest BCUT2D eigenvalue weighted by molar-refractivity contribution is 9.09. The van der Waals surface area contributed by atoms with E-state index >= 15 is 0 Å². The summed E-state index contributed by atoms with van der Waals surface area (Å²) >= 11 is 3.36. The minimum Gasteiger partial charge on any atom is -0.384 e. The molecule has 2 bridgehead atoms. The van der Waals surface area contributed by atoms with E-state index in [1.165, 1.54) is 0 Å². The van der Waals surface area contributed by atoms with Crippen molar-refractivity contribution in [3.05, 3.63) is 0 Å². The lowest BCUT2D eigenvalue weighted by Gasteiger charge is -2.62. The normalized spacial score (nSPS) is 56.6. The average Bonchev–Trinajstić information content (AvgIpc) is 2.75. The first-order chi connectivity index (χ1) is 11.3. The van der Waals surface area contributed by atoms with Crippen molar-refractivity contribution in [2.75, 3.05) is 11.9 Å². The maximum atomic E-state index is 11.3. The Labute approximate surface area is 151 Å². The molecule has 4 saturated heterocycles. The van der Waals surface area contributed by atoms with Gasteiger partial charge < -0.3 is 19.3 Å². The molecule has 138 valence electrons. The van der Waals surface area contributed by atoms with Gasteiger partial charge in [-0.3, -0.25) is 0 Å². The van der Waals surface area contributed by atoms with E-state index in [-0.39, 0.29) is 11.8 Å². The van der Waals surface area contributed by atoms with Crippen LogP contribution in [-0.4, -0.2) is 46.6 Å². The third-order valence-electron chi connectivity index (χ3n) is 6.49. The number of rotatable bonds is 3. The Balaban J connectivity index is 1.75. The smallest absolute Gasteiger partial charge is 0.201 e. The quantitative estimate of drug-likeness (QED) is 0.573. The summed E-state index contributed by atoms with van der Waals surface area (Å²) in [6.45, 7) is 6.39. The minimum absolute atomic E-state index is 0.159. The molecule has 0 amide bonds. The Kier molecular flexibility index (Phi) is 4.32. The summed E-state index contributed by atoms with van der Waals surface area (Å²) in [7, 11) is 0. The lowest BCUT2D eigenvalue weighted by Crippen LogP contribution is -2.75. The maximum Gasteiger partial charge on any atom is 0.201 e. The molecule has 6 nitrogen and oxygen atoms in total. The molecule has 0 aromatic heterocycles. The molecule has 4 heterocycles. The first kappa shape index (κ1) is 17.6. The number of fused-ring (bicyclic) bond motifs is 2. The van der Waals surface area contributed by atoms with Gasteiger partial charge in [0.15, 0.2) is 18.2 Å². The zero-order valence-corrected chi connectivity index (χ0v) is 16.1. The first-order valence-electron chi connectivity index (χ1n) is 8.93. The second-order valence-corrected chi connectivity index (χ2v) is 8.90. The molecular formula is C17H27BrO6. The Hall–Kier alpha value is 0.240. The van der Waals surface area contributed by atoms with Crippen LogP contribution >= 0.6 is 15.9 Å². The number of hydrogen-bond acceptors (Lipinski definition) is 6. The second kappa shape index (κ2) is 5.87. The summed E-state index contributed by atoms with van der Waals surface area (Å²) in [5.41, 5.74) is -1.94. The van der Waals surface area contributed by atoms with Gasteiger partial charge in [-0.2, -0.15) is 0 Å². The fraction of sp³-hybridized carbons (Fsp3) is 1.00. The number of hydrogen-bond donors (Lipinski definition) is 1. The van der Waals surface area contributed by atoms with E-state index in [1.54, 1.807) is 6.92 Å². The SMILES string of the molecule is C[C@@H]1CCC2[C@]34OO[C@](C)(CCC13)O[C@H]4O[C@@H](OCCBr)[C@@]2(C)O. The van der Waals surface area contributed by atoms with Crippen molar-refractivity contribution in [3.63, 3.8) is 0 Å². The summed E-state index contributed by atoms with van der Waals surface area (Å²) in [6.07, 6.45) is 2.25. The Bertz CT molecular complexity index is 501. The van der Waals surface area contributed by atoms with E-state index in [0.29, 0.717) is 17.9 Å². The Morgan fingerprint density at radius 1 is 1.21 bits per heavy atom. The standard InChI is InChI=1S/C17H27BrO6/c1-10-4-5-12-16(3,19)13(20-9-8-18)21-14-17(12)11(10)6-7-15(2,22-14)23-24-17/h10-14,19H,4-9H2,1-3H3/t10-,11?,12?,13-,14-,15-,16+,17-/m1/s1. The van der Waals surface area contributed by atoms with E-state index < -0.39 is 29.6 Å². The molecule has 2 unspecified atom stereocenters. The number of aliphatic hydroxyl groups is 1. The van der Waals surface area contributed by atoms with Crippen molar-refractivity contribution in [1.29, 1.82) is 0 Å². The molecule has 5 fully saturated rings. The van der Waals surface area contributed by atoms with Crippen LogP contribution in [0.4, 0.5) is 0 Å². The Morgan fingerprint density at radius 3 is 2.75 bits per heavy atom. The molecule has 24 heavy (non-hydrogen) atoms. The van der Waals surface area contributed by atoms with E-state index in [2.05, 4.69) is 22.9 Å². The van der Waals surface area contributed by atoms with Crippen LogP contribution < -0.4 is 0 Å². The predicted molar refractivity (Wildman–Crippen MR) is 88.0 cm³/mol. The average molecular weight is 407 g/mol. The summed E-state index contributed by atoms with van der Waals surface area (Å²) in [4.78, 5) is 11.7. The molecule has 5 aliphatic rings. The van der Waals surface area contributed by atoms with Crippen molar-refractivity contribution < 1.29 is 29.1 Å². The van der Waals surface area contributed by atoms with Gasteiger partial charge in [0, 0.05) is 17.7 Å². The predicted octanol–water partition coefficient (Wildman–Crippen LogP) is 2.72. The molecule has 4 aliphatic heterocycles. The van der Waals surface area contributed by atoms with Crippen LogP contribution in [0.1, 0.15) is 46.5 Å². The lowest BCUT2D eigenvalue weighted by atomic mass is 9.57. The van der Waals surface area contributed by atoms with E-state index in [1.807, 2.05) is 6.92 Å². The molecule has 5 rings (SSSR count). The number of halogens is 1. The summed E-state index contributed by atoms with van der Waals surface area (Å²) < 4.78 is 18.1. The molecular weight excluding hydrogens is 380 g/mol. The van der Waals surface area contributed by atoms with Crippen LogP contribution in [0.25, 0.3) is 0 Å². The van der Waals surface area contributed by atoms with Crippen molar-refractivity contribution in [2.45, 2.75) is 76.0 Å². The van der Waals surface area contributed by atoms with Gasteiger partial charge in [0.05, 0.1) is 6.61 Å². The lowest BCUT2D eigenvalue weighted by molar-refractivity contribution is -0.584. The van der Waals surface area contributed by atoms with Crippen LogP contribution in [0, 0.1) is 17.8 Å². The van der Waals surface area contributed by atoms with E-state index in [9.17, 15) is 5.11 Å². The fourth-order valence-corrected chi connectivity index (χ4v) is 5.43. The highest BCUT2D eigenvalue weighted by Crippen LogP contribution is 2.61. The van der Waals surface area contributed by atoms with Gasteiger partial charge in [-0.05, 0) is 44.9 Å². The van der Waals surface area contributed by atoms with Crippen LogP contribution in [0.2, 0.25) is 0 Å². The van der Waals surface area contributed by atoms with Gasteiger partial charge in [-0.25, -0.2) is 9.78 Å². The monoisotopic (exact) mass is 406 g/mol. The number of ether oxygens (including phenoxy) is 3. The molecule has 0 aromatic rings. The van der Waals surface area contributed by atoms with Gasteiger partial charge in [0.25, 0.3) is 0 Å². The van der Waals surface area contributed by atoms with Crippen LogP contribution in [-0.2, 0) is 24.0 Å². The van der Waals surface area contributed by atoms with Gasteiger partial charge in [-0.1, -0.05) is 22.9 Å². The van der Waals surface area contributed by atoms with Gasteiger partial charge in [-0.15, -0.1) is 0 Å². The summed E-state index contributed by atoms with van der Waals surface area (Å²) in [5.74, 6) is -0.265. The number of alkyl halides is 1. The van der Waals surface area contributed by atoms with Crippen LogP contribution in [0.5, 0.6) is 0 Å². The molecule has 1 saturated carbocycles. The Morgan fingerprint density at radius 2 is 2.00 bits per heavy atom. The fourth-order valence-electron chi connectivity index (χ4n) is 5.24. The van der Waals surface area contributed by atoms with Gasteiger partial charge in [0.2, 0.25) is 5.79 Å². The van der Waals surface area contributed by atoms with Gasteiger partial charge >= 0.3 is 0 Å². The zero-order valence-electron chi connectivity index (χ0n) is 14.5. The third kappa shape index (κ3) is 2.36. The molecule has 0 aromatic carbocycles. The largest absolute Gasteiger partial charge is 0.384 e. The molecule has 8 atom stereocenters. The second-order valence-electron chi connectivity index (χ2n) is 8.11.